The highest BCUT2D eigenvalue weighted by Crippen LogP contribution is 2.18. The van der Waals surface area contributed by atoms with Crippen LogP contribution >= 0.6 is 0 Å². The van der Waals surface area contributed by atoms with Crippen LogP contribution in [-0.4, -0.2) is 46.1 Å². The summed E-state index contributed by atoms with van der Waals surface area (Å²) >= 11 is 0. The van der Waals surface area contributed by atoms with Crippen molar-refractivity contribution in [2.24, 2.45) is 0 Å². The molecule has 0 spiro atoms. The minimum Gasteiger partial charge on any atom is -0.394 e. The molecule has 0 radical (unpaired) electrons. The number of aliphatic hydroxyl groups is 3. The fourth-order valence-corrected chi connectivity index (χ4v) is 8.47. The van der Waals surface area contributed by atoms with Gasteiger partial charge >= 0.3 is 0 Å². The van der Waals surface area contributed by atoms with Gasteiger partial charge in [0.05, 0.1) is 31.3 Å². The van der Waals surface area contributed by atoms with Gasteiger partial charge in [-0.05, 0) is 12.8 Å². The maximum absolute atomic E-state index is 12.5. The Hall–Kier alpha value is -0.650. The zero-order valence-corrected chi connectivity index (χ0v) is 38.3. The molecule has 0 saturated carbocycles. The van der Waals surface area contributed by atoms with Gasteiger partial charge < -0.3 is 20.6 Å². The molecule has 0 bridgehead atoms. The van der Waals surface area contributed by atoms with Crippen LogP contribution in [0.5, 0.6) is 0 Å². The largest absolute Gasteiger partial charge is 0.394 e. The minimum absolute atomic E-state index is 0.0434. The predicted molar refractivity (Wildman–Crippen MR) is 246 cm³/mol. The van der Waals surface area contributed by atoms with Gasteiger partial charge in [-0.3, -0.25) is 4.79 Å². The minimum atomic E-state index is -0.744. The Kier molecular flexibility index (Phi) is 46.5. The quantitative estimate of drug-likeness (QED) is 0.0462. The lowest BCUT2D eigenvalue weighted by Gasteiger charge is -2.23. The number of unbranched alkanes of at least 4 members (excludes halogenated alkanes) is 39. The van der Waals surface area contributed by atoms with Gasteiger partial charge in [0.1, 0.15) is 0 Å². The Labute approximate surface area is 351 Å². The highest BCUT2D eigenvalue weighted by molar-refractivity contribution is 5.76. The number of rotatable bonds is 48. The third-order valence-corrected chi connectivity index (χ3v) is 12.4. The van der Waals surface area contributed by atoms with Crippen LogP contribution in [0.1, 0.15) is 296 Å². The summed E-state index contributed by atoms with van der Waals surface area (Å²) in [5.41, 5.74) is 0. The van der Waals surface area contributed by atoms with Crippen molar-refractivity contribution in [3.63, 3.8) is 0 Å². The average molecular weight is 794 g/mol. The Morgan fingerprint density at radius 3 is 0.857 bits per heavy atom. The lowest BCUT2D eigenvalue weighted by molar-refractivity contribution is -0.125. The van der Waals surface area contributed by atoms with Gasteiger partial charge in [0.15, 0.2) is 0 Å². The van der Waals surface area contributed by atoms with E-state index >= 15 is 0 Å². The lowest BCUT2D eigenvalue weighted by Crippen LogP contribution is -2.46. The van der Waals surface area contributed by atoms with E-state index in [2.05, 4.69) is 19.2 Å². The Balaban J connectivity index is 3.52. The van der Waals surface area contributed by atoms with Gasteiger partial charge in [0.25, 0.3) is 0 Å². The molecule has 0 aliphatic heterocycles. The molecule has 336 valence electrons. The number of carbonyl (C=O) groups excluding carboxylic acids is 1. The van der Waals surface area contributed by atoms with Crippen LogP contribution in [0, 0.1) is 0 Å². The normalized spacial score (nSPS) is 13.3. The Morgan fingerprint density at radius 1 is 0.375 bits per heavy atom. The van der Waals surface area contributed by atoms with E-state index in [-0.39, 0.29) is 18.9 Å². The second-order valence-electron chi connectivity index (χ2n) is 18.1. The van der Waals surface area contributed by atoms with Crippen LogP contribution in [0.4, 0.5) is 0 Å². The molecule has 0 aliphatic carbocycles. The summed E-state index contributed by atoms with van der Waals surface area (Å²) in [5, 5.41) is 33.6. The summed E-state index contributed by atoms with van der Waals surface area (Å²) in [4.78, 5) is 12.5. The molecule has 5 heteroatoms. The van der Waals surface area contributed by atoms with Gasteiger partial charge in [-0.25, -0.2) is 0 Å². The SMILES string of the molecule is CCCCCCCCCCCCCCCCCCCCCCCCC(O)CC(=O)NC(CO)C(O)CCCCCCCCCCCCCCCCCCCCC. The van der Waals surface area contributed by atoms with E-state index in [0.717, 1.165) is 25.7 Å². The van der Waals surface area contributed by atoms with Gasteiger partial charge in [0.2, 0.25) is 5.91 Å². The van der Waals surface area contributed by atoms with Crippen LogP contribution in [0.3, 0.4) is 0 Å². The summed E-state index contributed by atoms with van der Waals surface area (Å²) in [5.74, 6) is -0.275. The van der Waals surface area contributed by atoms with Gasteiger partial charge in [-0.1, -0.05) is 277 Å². The molecule has 1 amide bonds. The van der Waals surface area contributed by atoms with E-state index in [9.17, 15) is 20.1 Å². The summed E-state index contributed by atoms with van der Waals surface area (Å²) in [6, 6.07) is -0.653. The summed E-state index contributed by atoms with van der Waals surface area (Å²) in [6.07, 6.45) is 55.2. The summed E-state index contributed by atoms with van der Waals surface area (Å²) in [7, 11) is 0. The van der Waals surface area contributed by atoms with Gasteiger partial charge in [0, 0.05) is 0 Å². The fraction of sp³-hybridized carbons (Fsp3) is 0.980. The maximum Gasteiger partial charge on any atom is 0.222 e. The first-order valence-corrected chi connectivity index (χ1v) is 25.8. The van der Waals surface area contributed by atoms with Crippen LogP contribution in [0.2, 0.25) is 0 Å². The standard InChI is InChI=1S/C51H103NO4/c1-3-5-7-9-11-13-15-17-19-21-23-24-25-27-28-30-32-34-36-38-40-42-44-48(54)46-51(56)52-49(47-53)50(55)45-43-41-39-37-35-33-31-29-26-22-20-18-16-14-12-10-8-6-4-2/h48-50,53-55H,3-47H2,1-2H3,(H,52,56). The first-order valence-electron chi connectivity index (χ1n) is 25.8. The predicted octanol–water partition coefficient (Wildman–Crippen LogP) is 15.4. The third-order valence-electron chi connectivity index (χ3n) is 12.4. The molecule has 4 N–H and O–H groups in total. The van der Waals surface area contributed by atoms with Crippen molar-refractivity contribution in [3.8, 4) is 0 Å². The molecule has 0 saturated heterocycles. The lowest BCUT2D eigenvalue weighted by atomic mass is 10.0. The number of hydrogen-bond acceptors (Lipinski definition) is 4. The number of hydrogen-bond donors (Lipinski definition) is 4. The summed E-state index contributed by atoms with van der Waals surface area (Å²) < 4.78 is 0. The molecular weight excluding hydrogens is 691 g/mol. The van der Waals surface area contributed by atoms with E-state index in [4.69, 9.17) is 0 Å². The van der Waals surface area contributed by atoms with Crippen LogP contribution in [0.25, 0.3) is 0 Å². The number of aliphatic hydroxyl groups excluding tert-OH is 3. The molecule has 3 atom stereocenters. The molecule has 0 heterocycles. The van der Waals surface area contributed by atoms with E-state index < -0.39 is 18.2 Å². The number of amides is 1. The molecular formula is C51H103NO4. The van der Waals surface area contributed by atoms with Crippen molar-refractivity contribution in [2.45, 2.75) is 315 Å². The fourth-order valence-electron chi connectivity index (χ4n) is 8.47. The van der Waals surface area contributed by atoms with E-state index in [1.54, 1.807) is 0 Å². The molecule has 0 rings (SSSR count). The zero-order chi connectivity index (χ0) is 40.8. The highest BCUT2D eigenvalue weighted by atomic mass is 16.3. The zero-order valence-electron chi connectivity index (χ0n) is 38.3. The number of carbonyl (C=O) groups is 1. The second-order valence-corrected chi connectivity index (χ2v) is 18.1. The third kappa shape index (κ3) is 42.9. The molecule has 0 aliphatic rings. The monoisotopic (exact) mass is 794 g/mol. The van der Waals surface area contributed by atoms with Crippen LogP contribution < -0.4 is 5.32 Å². The topological polar surface area (TPSA) is 89.8 Å². The number of nitrogens with one attached hydrogen (secondary N) is 1. The van der Waals surface area contributed by atoms with Crippen molar-refractivity contribution >= 4 is 5.91 Å². The smallest absolute Gasteiger partial charge is 0.222 e. The molecule has 3 unspecified atom stereocenters. The van der Waals surface area contributed by atoms with E-state index in [0.29, 0.717) is 12.8 Å². The molecule has 5 nitrogen and oxygen atoms in total. The molecule has 0 aromatic heterocycles. The van der Waals surface area contributed by atoms with Gasteiger partial charge in [-0.15, -0.1) is 0 Å². The molecule has 0 aromatic rings. The van der Waals surface area contributed by atoms with Crippen LogP contribution in [0.15, 0.2) is 0 Å². The first-order chi connectivity index (χ1) is 27.5. The molecule has 0 fully saturated rings. The summed E-state index contributed by atoms with van der Waals surface area (Å²) in [6.45, 7) is 4.30. The van der Waals surface area contributed by atoms with Crippen molar-refractivity contribution in [1.82, 2.24) is 5.32 Å². The highest BCUT2D eigenvalue weighted by Gasteiger charge is 2.21. The van der Waals surface area contributed by atoms with Crippen LogP contribution in [-0.2, 0) is 4.79 Å². The average Bonchev–Trinajstić information content (AvgIpc) is 3.19. The van der Waals surface area contributed by atoms with E-state index in [1.165, 1.54) is 238 Å². The van der Waals surface area contributed by atoms with Crippen molar-refractivity contribution < 1.29 is 20.1 Å². The van der Waals surface area contributed by atoms with Crippen molar-refractivity contribution in [1.29, 1.82) is 0 Å². The Bertz CT molecular complexity index is 747. The molecule has 0 aromatic carbocycles. The first kappa shape index (κ1) is 55.4. The second kappa shape index (κ2) is 47.0. The van der Waals surface area contributed by atoms with Gasteiger partial charge in [-0.2, -0.15) is 0 Å². The van der Waals surface area contributed by atoms with Crippen molar-refractivity contribution in [2.75, 3.05) is 6.61 Å². The Morgan fingerprint density at radius 2 is 0.607 bits per heavy atom. The van der Waals surface area contributed by atoms with Crippen molar-refractivity contribution in [3.05, 3.63) is 0 Å². The maximum atomic E-state index is 12.5. The van der Waals surface area contributed by atoms with E-state index in [1.807, 2.05) is 0 Å². The molecule has 56 heavy (non-hydrogen) atoms.